The molecule has 0 aromatic heterocycles. The molecule has 5 nitrogen and oxygen atoms in total. The van der Waals surface area contributed by atoms with Crippen LogP contribution in [-0.4, -0.2) is 28.8 Å². The third-order valence-electron chi connectivity index (χ3n) is 2.42. The molecule has 0 aliphatic heterocycles. The predicted molar refractivity (Wildman–Crippen MR) is 69.4 cm³/mol. The molecule has 0 unspecified atom stereocenters. The van der Waals surface area contributed by atoms with Crippen molar-refractivity contribution in [2.45, 2.75) is 59.6 Å². The Morgan fingerprint density at radius 2 is 1.72 bits per heavy atom. The van der Waals surface area contributed by atoms with E-state index in [-0.39, 0.29) is 0 Å². The molecule has 2 atom stereocenters. The van der Waals surface area contributed by atoms with Gasteiger partial charge in [-0.2, -0.15) is 0 Å². The smallest absolute Gasteiger partial charge is 0.407 e. The fraction of sp³-hybridized carbons (Fsp3) is 0.846. The van der Waals surface area contributed by atoms with Gasteiger partial charge >= 0.3 is 12.1 Å². The van der Waals surface area contributed by atoms with E-state index < -0.39 is 29.6 Å². The first kappa shape index (κ1) is 16.7. The Labute approximate surface area is 109 Å². The van der Waals surface area contributed by atoms with E-state index in [2.05, 4.69) is 5.32 Å². The lowest BCUT2D eigenvalue weighted by molar-refractivity contribution is -0.142. The first-order valence-corrected chi connectivity index (χ1v) is 6.25. The van der Waals surface area contributed by atoms with Crippen LogP contribution in [-0.2, 0) is 9.53 Å². The van der Waals surface area contributed by atoms with Gasteiger partial charge in [0.1, 0.15) is 5.60 Å². The molecule has 0 aromatic rings. The maximum Gasteiger partial charge on any atom is 0.407 e. The summed E-state index contributed by atoms with van der Waals surface area (Å²) >= 11 is 0. The predicted octanol–water partition coefficient (Wildman–Crippen LogP) is 2.65. The zero-order chi connectivity index (χ0) is 14.5. The number of carbonyl (C=O) groups is 2. The molecule has 2 N–H and O–H groups in total. The van der Waals surface area contributed by atoms with Gasteiger partial charge in [-0.25, -0.2) is 4.79 Å². The number of ether oxygens (including phenoxy) is 1. The van der Waals surface area contributed by atoms with Crippen molar-refractivity contribution < 1.29 is 19.4 Å². The lowest BCUT2D eigenvalue weighted by Crippen LogP contribution is -2.45. The summed E-state index contributed by atoms with van der Waals surface area (Å²) in [6.07, 6.45) is 0.0356. The quantitative estimate of drug-likeness (QED) is 0.795. The molecule has 0 aromatic carbocycles. The molecule has 106 valence electrons. The topological polar surface area (TPSA) is 75.6 Å². The molecule has 0 aliphatic rings. The van der Waals surface area contributed by atoms with Gasteiger partial charge in [0.15, 0.2) is 0 Å². The number of aliphatic carboxylic acids is 1. The number of carbonyl (C=O) groups excluding carboxylic acids is 1. The molecule has 0 aliphatic carbocycles. The number of carboxylic acids is 1. The normalized spacial score (nSPS) is 15.1. The Bertz CT molecular complexity index is 294. The van der Waals surface area contributed by atoms with Gasteiger partial charge in [0.25, 0.3) is 0 Å². The monoisotopic (exact) mass is 259 g/mol. The minimum absolute atomic E-state index is 0.298. The number of hydrogen-bond donors (Lipinski definition) is 2. The highest BCUT2D eigenvalue weighted by Gasteiger charge is 2.27. The van der Waals surface area contributed by atoms with Crippen molar-refractivity contribution in [3.8, 4) is 0 Å². The molecule has 5 heteroatoms. The summed E-state index contributed by atoms with van der Waals surface area (Å²) in [7, 11) is 0. The molecule has 0 bridgehead atoms. The van der Waals surface area contributed by atoms with E-state index in [1.54, 1.807) is 27.7 Å². The van der Waals surface area contributed by atoms with Crippen LogP contribution in [0.15, 0.2) is 0 Å². The van der Waals surface area contributed by atoms with Crippen molar-refractivity contribution in [2.24, 2.45) is 11.8 Å². The summed E-state index contributed by atoms with van der Waals surface area (Å²) in [5.74, 6) is -1.26. The summed E-state index contributed by atoms with van der Waals surface area (Å²) < 4.78 is 5.14. The van der Waals surface area contributed by atoms with Gasteiger partial charge in [0.2, 0.25) is 0 Å². The molecule has 1 amide bonds. The van der Waals surface area contributed by atoms with Gasteiger partial charge in [-0.3, -0.25) is 4.79 Å². The minimum Gasteiger partial charge on any atom is -0.481 e. The van der Waals surface area contributed by atoms with E-state index in [9.17, 15) is 9.59 Å². The second-order valence-corrected chi connectivity index (χ2v) is 6.01. The van der Waals surface area contributed by atoms with Crippen molar-refractivity contribution in [1.82, 2.24) is 5.32 Å². The lowest BCUT2D eigenvalue weighted by atomic mass is 9.93. The van der Waals surface area contributed by atoms with Crippen molar-refractivity contribution in [1.29, 1.82) is 0 Å². The van der Waals surface area contributed by atoms with Crippen molar-refractivity contribution in [3.63, 3.8) is 0 Å². The first-order valence-electron chi connectivity index (χ1n) is 6.25. The molecular weight excluding hydrogens is 234 g/mol. The zero-order valence-electron chi connectivity index (χ0n) is 12.1. The summed E-state index contributed by atoms with van der Waals surface area (Å²) in [5.41, 5.74) is -0.584. The van der Waals surface area contributed by atoms with Crippen molar-refractivity contribution in [2.75, 3.05) is 0 Å². The number of alkyl carbamates (subject to hydrolysis) is 1. The third-order valence-corrected chi connectivity index (χ3v) is 2.42. The Morgan fingerprint density at radius 1 is 1.22 bits per heavy atom. The first-order chi connectivity index (χ1) is 8.03. The third kappa shape index (κ3) is 7.14. The highest BCUT2D eigenvalue weighted by Crippen LogP contribution is 2.15. The zero-order valence-corrected chi connectivity index (χ0v) is 12.1. The molecular formula is C13H25NO4. The maximum absolute atomic E-state index is 11.7. The lowest BCUT2D eigenvalue weighted by Gasteiger charge is -2.26. The number of rotatable bonds is 5. The Morgan fingerprint density at radius 3 is 2.06 bits per heavy atom. The van der Waals surface area contributed by atoms with E-state index in [4.69, 9.17) is 9.84 Å². The SMILES string of the molecule is CC(C)C[C@H](NC(=O)OC(C)(C)C)[C@@H](C)C(=O)O. The van der Waals surface area contributed by atoms with Crippen LogP contribution in [0.25, 0.3) is 0 Å². The molecule has 0 heterocycles. The Hall–Kier alpha value is -1.26. The van der Waals surface area contributed by atoms with Crippen LogP contribution in [0.5, 0.6) is 0 Å². The maximum atomic E-state index is 11.7. The van der Waals surface area contributed by atoms with Crippen LogP contribution in [0.1, 0.15) is 48.0 Å². The van der Waals surface area contributed by atoms with Gasteiger partial charge in [0, 0.05) is 6.04 Å². The van der Waals surface area contributed by atoms with Crippen LogP contribution < -0.4 is 5.32 Å². The van der Waals surface area contributed by atoms with E-state index >= 15 is 0 Å². The standard InChI is InChI=1S/C13H25NO4/c1-8(2)7-10(9(3)11(15)16)14-12(17)18-13(4,5)6/h8-10H,7H2,1-6H3,(H,14,17)(H,15,16)/t9-,10+/m1/s1. The summed E-state index contributed by atoms with van der Waals surface area (Å²) in [5, 5.41) is 11.7. The van der Waals surface area contributed by atoms with Crippen LogP contribution in [0, 0.1) is 11.8 Å². The molecule has 0 fully saturated rings. The van der Waals surface area contributed by atoms with E-state index in [0.29, 0.717) is 12.3 Å². The van der Waals surface area contributed by atoms with Crippen LogP contribution in [0.4, 0.5) is 4.79 Å². The molecule has 0 saturated carbocycles. The van der Waals surface area contributed by atoms with Crippen molar-refractivity contribution in [3.05, 3.63) is 0 Å². The number of amides is 1. The van der Waals surface area contributed by atoms with Gasteiger partial charge in [-0.05, 0) is 40.0 Å². The Kier molecular flexibility index (Phi) is 6.15. The van der Waals surface area contributed by atoms with Gasteiger partial charge in [-0.1, -0.05) is 13.8 Å². The molecule has 0 radical (unpaired) electrons. The van der Waals surface area contributed by atoms with E-state index in [1.165, 1.54) is 0 Å². The van der Waals surface area contributed by atoms with Gasteiger partial charge in [0.05, 0.1) is 5.92 Å². The van der Waals surface area contributed by atoms with Crippen molar-refractivity contribution >= 4 is 12.1 Å². The second-order valence-electron chi connectivity index (χ2n) is 6.01. The Balaban J connectivity index is 4.59. The fourth-order valence-corrected chi connectivity index (χ4v) is 1.53. The summed E-state index contributed by atoms with van der Waals surface area (Å²) in [4.78, 5) is 22.6. The molecule has 0 spiro atoms. The van der Waals surface area contributed by atoms with Crippen LogP contribution in [0.3, 0.4) is 0 Å². The fourth-order valence-electron chi connectivity index (χ4n) is 1.53. The number of carboxylic acid groups (broad SMARTS) is 1. The van der Waals surface area contributed by atoms with Crippen LogP contribution >= 0.6 is 0 Å². The highest BCUT2D eigenvalue weighted by molar-refractivity contribution is 5.73. The van der Waals surface area contributed by atoms with Gasteiger partial charge in [-0.15, -0.1) is 0 Å². The molecule has 18 heavy (non-hydrogen) atoms. The number of nitrogens with one attached hydrogen (secondary N) is 1. The highest BCUT2D eigenvalue weighted by atomic mass is 16.6. The van der Waals surface area contributed by atoms with Gasteiger partial charge < -0.3 is 15.2 Å². The average Bonchev–Trinajstić information content (AvgIpc) is 2.11. The second kappa shape index (κ2) is 6.61. The molecule has 0 saturated heterocycles. The summed E-state index contributed by atoms with van der Waals surface area (Å²) in [6.45, 7) is 10.9. The van der Waals surface area contributed by atoms with Crippen LogP contribution in [0.2, 0.25) is 0 Å². The molecule has 0 rings (SSSR count). The summed E-state index contributed by atoms with van der Waals surface area (Å²) in [6, 6.07) is -0.419. The average molecular weight is 259 g/mol. The van der Waals surface area contributed by atoms with E-state index in [0.717, 1.165) is 0 Å². The van der Waals surface area contributed by atoms with E-state index in [1.807, 2.05) is 13.8 Å². The largest absolute Gasteiger partial charge is 0.481 e. The minimum atomic E-state index is -0.920. The number of hydrogen-bond acceptors (Lipinski definition) is 3.